The number of carbonyl (C=O) groups excluding carboxylic acids is 1. The highest BCUT2D eigenvalue weighted by Crippen LogP contribution is 2.31. The Morgan fingerprint density at radius 2 is 2.17 bits per heavy atom. The highest BCUT2D eigenvalue weighted by molar-refractivity contribution is 5.88. The number of anilines is 1. The van der Waals surface area contributed by atoms with Crippen molar-refractivity contribution in [1.82, 2.24) is 9.55 Å². The molecule has 0 aliphatic carbocycles. The molecule has 124 valence electrons. The molecule has 0 amide bonds. The van der Waals surface area contributed by atoms with E-state index in [-0.39, 0.29) is 23.8 Å². The Labute approximate surface area is 139 Å². The van der Waals surface area contributed by atoms with E-state index < -0.39 is 5.97 Å². The van der Waals surface area contributed by atoms with Gasteiger partial charge in [-0.3, -0.25) is 9.36 Å². The fourth-order valence-electron chi connectivity index (χ4n) is 2.79. The summed E-state index contributed by atoms with van der Waals surface area (Å²) >= 11 is 0. The first-order valence-corrected chi connectivity index (χ1v) is 7.91. The molecule has 0 spiro atoms. The monoisotopic (exact) mass is 325 g/mol. The zero-order valence-corrected chi connectivity index (χ0v) is 13.7. The molecule has 0 saturated carbocycles. The average molecular weight is 325 g/mol. The minimum absolute atomic E-state index is 0.0234. The number of rotatable bonds is 4. The summed E-state index contributed by atoms with van der Waals surface area (Å²) in [6, 6.07) is 9.70. The number of carbonyl (C=O) groups is 1. The summed E-state index contributed by atoms with van der Waals surface area (Å²) in [5.74, 6) is -0.0404. The van der Waals surface area contributed by atoms with Gasteiger partial charge in [0.1, 0.15) is 11.4 Å². The SMILES string of the molecule is CCOC(=O)c1cnc2n(c1=O)C(C)C/C2=C\Nc1ccccc1. The lowest BCUT2D eigenvalue weighted by atomic mass is 10.2. The van der Waals surface area contributed by atoms with Crippen LogP contribution in [0.15, 0.2) is 47.5 Å². The summed E-state index contributed by atoms with van der Waals surface area (Å²) in [4.78, 5) is 28.8. The van der Waals surface area contributed by atoms with E-state index in [4.69, 9.17) is 4.74 Å². The maximum Gasteiger partial charge on any atom is 0.345 e. The van der Waals surface area contributed by atoms with Gasteiger partial charge in [-0.15, -0.1) is 0 Å². The van der Waals surface area contributed by atoms with Crippen LogP contribution in [-0.2, 0) is 4.74 Å². The lowest BCUT2D eigenvalue weighted by molar-refractivity contribution is 0.0523. The van der Waals surface area contributed by atoms with Gasteiger partial charge in [0.2, 0.25) is 0 Å². The molecular formula is C18H19N3O3. The summed E-state index contributed by atoms with van der Waals surface area (Å²) in [5, 5.41) is 3.22. The largest absolute Gasteiger partial charge is 0.462 e. The molecule has 1 atom stereocenters. The van der Waals surface area contributed by atoms with E-state index in [9.17, 15) is 9.59 Å². The summed E-state index contributed by atoms with van der Waals surface area (Å²) in [6.07, 6.45) is 3.84. The van der Waals surface area contributed by atoms with Crippen molar-refractivity contribution in [3.63, 3.8) is 0 Å². The molecule has 3 rings (SSSR count). The van der Waals surface area contributed by atoms with Crippen molar-refractivity contribution in [2.24, 2.45) is 0 Å². The molecular weight excluding hydrogens is 306 g/mol. The quantitative estimate of drug-likeness (QED) is 0.875. The maximum atomic E-state index is 12.6. The molecule has 1 unspecified atom stereocenters. The van der Waals surface area contributed by atoms with E-state index in [1.165, 1.54) is 6.20 Å². The van der Waals surface area contributed by atoms with Crippen molar-refractivity contribution < 1.29 is 9.53 Å². The van der Waals surface area contributed by atoms with Crippen molar-refractivity contribution in [3.05, 3.63) is 64.5 Å². The van der Waals surface area contributed by atoms with Gasteiger partial charge >= 0.3 is 5.97 Å². The van der Waals surface area contributed by atoms with Gasteiger partial charge in [0.15, 0.2) is 0 Å². The molecule has 24 heavy (non-hydrogen) atoms. The number of allylic oxidation sites excluding steroid dienone is 1. The molecule has 6 heteroatoms. The summed E-state index contributed by atoms with van der Waals surface area (Å²) in [6.45, 7) is 3.86. The summed E-state index contributed by atoms with van der Waals surface area (Å²) < 4.78 is 6.48. The van der Waals surface area contributed by atoms with Crippen LogP contribution in [0.5, 0.6) is 0 Å². The van der Waals surface area contributed by atoms with Crippen molar-refractivity contribution >= 4 is 17.2 Å². The third kappa shape index (κ3) is 2.95. The standard InChI is InChI=1S/C18H19N3O3/c1-3-24-18(23)15-11-20-16-13(9-12(2)21(16)17(15)22)10-19-14-7-5-4-6-8-14/h4-8,10-12,19H,3,9H2,1-2H3/b13-10+. The molecule has 0 saturated heterocycles. The normalized spacial score (nSPS) is 17.6. The van der Waals surface area contributed by atoms with Gasteiger partial charge in [-0.05, 0) is 32.4 Å². The maximum absolute atomic E-state index is 12.6. The molecule has 0 fully saturated rings. The first-order valence-electron chi connectivity index (χ1n) is 7.91. The zero-order valence-electron chi connectivity index (χ0n) is 13.7. The number of fused-ring (bicyclic) bond motifs is 1. The summed E-state index contributed by atoms with van der Waals surface area (Å²) in [5.41, 5.74) is 1.51. The first-order chi connectivity index (χ1) is 11.6. The van der Waals surface area contributed by atoms with E-state index >= 15 is 0 Å². The number of hydrogen-bond acceptors (Lipinski definition) is 5. The third-order valence-electron chi connectivity index (χ3n) is 3.92. The number of nitrogens with one attached hydrogen (secondary N) is 1. The second kappa shape index (κ2) is 6.70. The lowest BCUT2D eigenvalue weighted by Gasteiger charge is -2.09. The predicted molar refractivity (Wildman–Crippen MR) is 91.8 cm³/mol. The zero-order chi connectivity index (χ0) is 17.1. The number of nitrogens with zero attached hydrogens (tertiary/aromatic N) is 2. The van der Waals surface area contributed by atoms with Gasteiger partial charge in [0.25, 0.3) is 5.56 Å². The molecule has 1 aliphatic heterocycles. The Kier molecular flexibility index (Phi) is 4.46. The topological polar surface area (TPSA) is 73.2 Å². The molecule has 1 aliphatic rings. The van der Waals surface area contributed by atoms with Crippen LogP contribution in [0.25, 0.3) is 5.57 Å². The van der Waals surface area contributed by atoms with Crippen molar-refractivity contribution in [2.45, 2.75) is 26.3 Å². The minimum Gasteiger partial charge on any atom is -0.462 e. The van der Waals surface area contributed by atoms with Crippen molar-refractivity contribution in [1.29, 1.82) is 0 Å². The predicted octanol–water partition coefficient (Wildman–Crippen LogP) is 2.84. The van der Waals surface area contributed by atoms with E-state index in [2.05, 4.69) is 10.3 Å². The Morgan fingerprint density at radius 3 is 2.88 bits per heavy atom. The van der Waals surface area contributed by atoms with Gasteiger partial charge in [-0.25, -0.2) is 9.78 Å². The van der Waals surface area contributed by atoms with E-state index in [0.717, 1.165) is 11.3 Å². The van der Waals surface area contributed by atoms with Crippen LogP contribution in [0.3, 0.4) is 0 Å². The Balaban J connectivity index is 1.94. The molecule has 1 N–H and O–H groups in total. The second-order valence-electron chi connectivity index (χ2n) is 5.62. The minimum atomic E-state index is -0.627. The Bertz CT molecular complexity index is 840. The highest BCUT2D eigenvalue weighted by Gasteiger charge is 2.28. The number of para-hydroxylation sites is 1. The first kappa shape index (κ1) is 16.0. The van der Waals surface area contributed by atoms with E-state index in [1.54, 1.807) is 11.5 Å². The van der Waals surface area contributed by atoms with Crippen LogP contribution in [0.4, 0.5) is 5.69 Å². The van der Waals surface area contributed by atoms with Gasteiger partial charge < -0.3 is 10.1 Å². The number of esters is 1. The number of aromatic nitrogens is 2. The van der Waals surface area contributed by atoms with Crippen LogP contribution >= 0.6 is 0 Å². The van der Waals surface area contributed by atoms with E-state index in [1.807, 2.05) is 43.5 Å². The van der Waals surface area contributed by atoms with E-state index in [0.29, 0.717) is 12.2 Å². The van der Waals surface area contributed by atoms with Crippen molar-refractivity contribution in [3.8, 4) is 0 Å². The van der Waals surface area contributed by atoms with Gasteiger partial charge in [-0.2, -0.15) is 0 Å². The average Bonchev–Trinajstić information content (AvgIpc) is 2.91. The van der Waals surface area contributed by atoms with Gasteiger partial charge in [0, 0.05) is 29.7 Å². The molecule has 2 heterocycles. The van der Waals surface area contributed by atoms with Crippen LogP contribution in [0, 0.1) is 0 Å². The Hall–Kier alpha value is -2.89. The number of ether oxygens (including phenoxy) is 1. The van der Waals surface area contributed by atoms with Crippen LogP contribution in [0.1, 0.15) is 42.5 Å². The lowest BCUT2D eigenvalue weighted by Crippen LogP contribution is -2.29. The molecule has 1 aromatic heterocycles. The van der Waals surface area contributed by atoms with Crippen LogP contribution in [-0.4, -0.2) is 22.1 Å². The van der Waals surface area contributed by atoms with Gasteiger partial charge in [0.05, 0.1) is 6.61 Å². The number of hydrogen-bond donors (Lipinski definition) is 1. The molecule has 6 nitrogen and oxygen atoms in total. The number of benzene rings is 1. The second-order valence-corrected chi connectivity index (χ2v) is 5.62. The van der Waals surface area contributed by atoms with Crippen LogP contribution in [0.2, 0.25) is 0 Å². The van der Waals surface area contributed by atoms with Crippen molar-refractivity contribution in [2.75, 3.05) is 11.9 Å². The smallest absolute Gasteiger partial charge is 0.345 e. The molecule has 2 aromatic rings. The van der Waals surface area contributed by atoms with Gasteiger partial charge in [-0.1, -0.05) is 18.2 Å². The molecule has 0 bridgehead atoms. The van der Waals surface area contributed by atoms with Crippen LogP contribution < -0.4 is 10.9 Å². The molecule has 0 radical (unpaired) electrons. The Morgan fingerprint density at radius 1 is 1.42 bits per heavy atom. The fourth-order valence-corrected chi connectivity index (χ4v) is 2.79. The molecule has 1 aromatic carbocycles. The fraction of sp³-hybridized carbons (Fsp3) is 0.278. The third-order valence-corrected chi connectivity index (χ3v) is 3.92. The summed E-state index contributed by atoms with van der Waals surface area (Å²) in [7, 11) is 0. The highest BCUT2D eigenvalue weighted by atomic mass is 16.5.